The molecule has 0 atom stereocenters. The van der Waals surface area contributed by atoms with Crippen molar-refractivity contribution in [1.82, 2.24) is 4.98 Å². The Balaban J connectivity index is 2.94. The van der Waals surface area contributed by atoms with Crippen molar-refractivity contribution in [3.8, 4) is 0 Å². The van der Waals surface area contributed by atoms with Crippen LogP contribution < -0.4 is 5.14 Å². The number of aromatic nitrogens is 1. The van der Waals surface area contributed by atoms with Gasteiger partial charge in [0, 0.05) is 5.56 Å². The summed E-state index contributed by atoms with van der Waals surface area (Å²) in [6.45, 7) is 3.84. The molecule has 0 aliphatic carbocycles. The molecule has 0 aromatic carbocycles. The summed E-state index contributed by atoms with van der Waals surface area (Å²) < 4.78 is 17.0. The van der Waals surface area contributed by atoms with Crippen LogP contribution in [0.15, 0.2) is 16.5 Å². The maximum Gasteiger partial charge on any atom is 0.216 e. The van der Waals surface area contributed by atoms with Gasteiger partial charge in [-0.2, -0.15) is 4.39 Å². The summed E-state index contributed by atoms with van der Waals surface area (Å²) in [5.41, 5.74) is 1.09. The zero-order valence-corrected chi connectivity index (χ0v) is 8.88. The third-order valence-corrected chi connectivity index (χ3v) is 1.99. The van der Waals surface area contributed by atoms with Crippen molar-refractivity contribution < 1.29 is 4.39 Å². The largest absolute Gasteiger partial charge is 0.258 e. The maximum atomic E-state index is 13.3. The molecule has 1 aromatic heterocycles. The fraction of sp³-hybridized carbons (Fsp3) is 0.333. The van der Waals surface area contributed by atoms with Crippen LogP contribution >= 0.6 is 12.1 Å². The van der Waals surface area contributed by atoms with Crippen LogP contribution in [0, 0.1) is 5.95 Å². The lowest BCUT2D eigenvalue weighted by Gasteiger charge is -2.05. The fourth-order valence-electron chi connectivity index (χ4n) is 1.05. The lowest BCUT2D eigenvalue weighted by molar-refractivity contribution is 0.556. The zero-order chi connectivity index (χ0) is 10.6. The highest BCUT2D eigenvalue weighted by atomic mass is 32.2. The van der Waals surface area contributed by atoms with Gasteiger partial charge in [0.2, 0.25) is 5.95 Å². The Bertz CT molecular complexity index is 339. The Hall–Kier alpha value is -0.940. The Morgan fingerprint density at radius 3 is 2.79 bits per heavy atom. The number of rotatable bonds is 3. The molecule has 0 aliphatic rings. The summed E-state index contributed by atoms with van der Waals surface area (Å²) in [6.07, 6.45) is 1.43. The number of hydrogen-bond acceptors (Lipinski definition) is 4. The maximum absolute atomic E-state index is 13.3. The summed E-state index contributed by atoms with van der Waals surface area (Å²) in [7, 11) is 0. The lowest BCUT2D eigenvalue weighted by atomic mass is 10.1. The number of halogens is 1. The molecule has 0 spiro atoms. The van der Waals surface area contributed by atoms with E-state index in [1.807, 2.05) is 13.8 Å². The Labute approximate surface area is 86.9 Å². The minimum absolute atomic E-state index is 0.136. The van der Waals surface area contributed by atoms with Crippen molar-refractivity contribution >= 4 is 18.3 Å². The van der Waals surface area contributed by atoms with Gasteiger partial charge >= 0.3 is 0 Å². The van der Waals surface area contributed by atoms with Crippen LogP contribution in [0.25, 0.3) is 0 Å². The second-order valence-corrected chi connectivity index (χ2v) is 3.53. The minimum Gasteiger partial charge on any atom is -0.258 e. The van der Waals surface area contributed by atoms with Crippen molar-refractivity contribution in [2.75, 3.05) is 0 Å². The molecule has 0 unspecified atom stereocenters. The van der Waals surface area contributed by atoms with E-state index in [4.69, 9.17) is 5.14 Å². The van der Waals surface area contributed by atoms with Gasteiger partial charge in [-0.1, -0.05) is 19.9 Å². The topological polar surface area (TPSA) is 51.3 Å². The molecule has 76 valence electrons. The lowest BCUT2D eigenvalue weighted by Crippen LogP contribution is -1.99. The molecule has 14 heavy (non-hydrogen) atoms. The van der Waals surface area contributed by atoms with Crippen LogP contribution in [0.5, 0.6) is 0 Å². The number of pyridine rings is 1. The Morgan fingerprint density at radius 1 is 1.57 bits per heavy atom. The normalized spacial score (nSPS) is 11.5. The van der Waals surface area contributed by atoms with E-state index in [1.165, 1.54) is 6.21 Å². The molecular weight excluding hydrogens is 201 g/mol. The van der Waals surface area contributed by atoms with E-state index < -0.39 is 5.95 Å². The summed E-state index contributed by atoms with van der Waals surface area (Å²) >= 11 is 0.820. The second-order valence-electron chi connectivity index (χ2n) is 3.11. The van der Waals surface area contributed by atoms with Gasteiger partial charge < -0.3 is 0 Å². The van der Waals surface area contributed by atoms with Crippen molar-refractivity contribution in [2.24, 2.45) is 9.54 Å². The van der Waals surface area contributed by atoms with Gasteiger partial charge in [-0.15, -0.1) is 0 Å². The highest BCUT2D eigenvalue weighted by Crippen LogP contribution is 2.16. The van der Waals surface area contributed by atoms with E-state index in [9.17, 15) is 4.39 Å². The molecule has 0 saturated heterocycles. The van der Waals surface area contributed by atoms with Crippen LogP contribution in [0.2, 0.25) is 0 Å². The van der Waals surface area contributed by atoms with Crippen molar-refractivity contribution in [1.29, 1.82) is 0 Å². The Morgan fingerprint density at radius 2 is 2.29 bits per heavy atom. The van der Waals surface area contributed by atoms with E-state index in [0.29, 0.717) is 11.3 Å². The first-order valence-electron chi connectivity index (χ1n) is 4.21. The summed E-state index contributed by atoms with van der Waals surface area (Å²) in [5.74, 6) is -0.302. The molecule has 1 aromatic rings. The molecule has 0 bridgehead atoms. The molecule has 5 heteroatoms. The van der Waals surface area contributed by atoms with Gasteiger partial charge in [-0.3, -0.25) is 5.14 Å². The average Bonchev–Trinajstić information content (AvgIpc) is 2.14. The van der Waals surface area contributed by atoms with E-state index in [0.717, 1.165) is 12.1 Å². The average molecular weight is 213 g/mol. The molecule has 0 amide bonds. The summed E-state index contributed by atoms with van der Waals surface area (Å²) in [6, 6.07) is 3.44. The van der Waals surface area contributed by atoms with Crippen LogP contribution in [-0.4, -0.2) is 11.2 Å². The van der Waals surface area contributed by atoms with Crippen LogP contribution in [-0.2, 0) is 0 Å². The van der Waals surface area contributed by atoms with Crippen LogP contribution in [0.1, 0.15) is 31.0 Å². The predicted molar refractivity (Wildman–Crippen MR) is 57.7 cm³/mol. The fourth-order valence-corrected chi connectivity index (χ4v) is 1.21. The first kappa shape index (κ1) is 11.1. The summed E-state index contributed by atoms with van der Waals surface area (Å²) in [4.78, 5) is 3.75. The molecule has 2 N–H and O–H groups in total. The van der Waals surface area contributed by atoms with Crippen molar-refractivity contribution in [3.05, 3.63) is 29.3 Å². The number of nitrogens with two attached hydrogens (primary N) is 1. The molecule has 1 heterocycles. The van der Waals surface area contributed by atoms with Crippen LogP contribution in [0.3, 0.4) is 0 Å². The highest BCUT2D eigenvalue weighted by molar-refractivity contribution is 7.95. The predicted octanol–water partition coefficient (Wildman–Crippen LogP) is 2.28. The first-order chi connectivity index (χ1) is 6.65. The quantitative estimate of drug-likeness (QED) is 0.476. The smallest absolute Gasteiger partial charge is 0.216 e. The molecule has 0 saturated carbocycles. The standard InChI is InChI=1S/C9H12FN3S/c1-6(2)8-4-3-7(5-12-14-11)13-9(8)10/h3-6H,11H2,1-2H3/b12-5+. The molecule has 0 radical (unpaired) electrons. The minimum atomic E-state index is -0.439. The third kappa shape index (κ3) is 2.78. The molecule has 1 rings (SSSR count). The zero-order valence-electron chi connectivity index (χ0n) is 8.07. The first-order valence-corrected chi connectivity index (χ1v) is 5.04. The van der Waals surface area contributed by atoms with Crippen molar-refractivity contribution in [3.63, 3.8) is 0 Å². The van der Waals surface area contributed by atoms with Gasteiger partial charge in [0.15, 0.2) is 0 Å². The molecule has 0 aliphatic heterocycles. The monoisotopic (exact) mass is 213 g/mol. The highest BCUT2D eigenvalue weighted by Gasteiger charge is 2.07. The van der Waals surface area contributed by atoms with E-state index in [2.05, 4.69) is 9.38 Å². The van der Waals surface area contributed by atoms with Crippen molar-refractivity contribution in [2.45, 2.75) is 19.8 Å². The van der Waals surface area contributed by atoms with E-state index in [1.54, 1.807) is 12.1 Å². The van der Waals surface area contributed by atoms with Crippen LogP contribution in [0.4, 0.5) is 4.39 Å². The number of nitrogens with zero attached hydrogens (tertiary/aromatic N) is 2. The van der Waals surface area contributed by atoms with Gasteiger partial charge in [0.05, 0.1) is 24.0 Å². The molecule has 0 fully saturated rings. The van der Waals surface area contributed by atoms with E-state index >= 15 is 0 Å². The van der Waals surface area contributed by atoms with Gasteiger partial charge in [-0.25, -0.2) is 9.38 Å². The van der Waals surface area contributed by atoms with Gasteiger partial charge in [-0.05, 0) is 12.0 Å². The van der Waals surface area contributed by atoms with E-state index in [-0.39, 0.29) is 5.92 Å². The third-order valence-electron chi connectivity index (χ3n) is 1.77. The molecule has 3 nitrogen and oxygen atoms in total. The SMILES string of the molecule is CC(C)c1ccc(/C=N/SN)nc1F. The summed E-state index contributed by atoms with van der Waals surface area (Å²) in [5, 5.41) is 5.09. The second kappa shape index (κ2) is 5.07. The Kier molecular flexibility index (Phi) is 4.03. The molecular formula is C9H12FN3S. The number of hydrogen-bond donors (Lipinski definition) is 1. The van der Waals surface area contributed by atoms with Gasteiger partial charge in [0.1, 0.15) is 0 Å². The van der Waals surface area contributed by atoms with Gasteiger partial charge in [0.25, 0.3) is 0 Å².